The van der Waals surface area contributed by atoms with E-state index in [-0.39, 0.29) is 36.6 Å². The minimum Gasteiger partial charge on any atom is -0.497 e. The third-order valence-electron chi connectivity index (χ3n) is 6.55. The highest BCUT2D eigenvalue weighted by Gasteiger charge is 2.64. The minimum atomic E-state index is -4.53. The second-order valence-corrected chi connectivity index (χ2v) is 10.4. The molecule has 5 rings (SSSR count). The van der Waals surface area contributed by atoms with Crippen LogP contribution < -0.4 is 15.4 Å². The van der Waals surface area contributed by atoms with E-state index in [1.165, 1.54) is 18.3 Å². The van der Waals surface area contributed by atoms with Crippen LogP contribution in [-0.4, -0.2) is 45.4 Å². The number of aromatic nitrogens is 3. The summed E-state index contributed by atoms with van der Waals surface area (Å²) in [6, 6.07) is 16.1. The van der Waals surface area contributed by atoms with Crippen LogP contribution >= 0.6 is 22.6 Å². The minimum absolute atomic E-state index is 0.0429. The molecule has 1 aliphatic carbocycles. The maximum absolute atomic E-state index is 13.2. The first-order chi connectivity index (χ1) is 18.6. The van der Waals surface area contributed by atoms with Gasteiger partial charge in [0.05, 0.1) is 25.6 Å². The summed E-state index contributed by atoms with van der Waals surface area (Å²) < 4.78 is 47.5. The molecule has 0 radical (unpaired) electrons. The van der Waals surface area contributed by atoms with Crippen molar-refractivity contribution in [3.63, 3.8) is 0 Å². The normalized spacial score (nSPS) is 14.2. The molecule has 1 saturated carbocycles. The van der Waals surface area contributed by atoms with Gasteiger partial charge in [0.2, 0.25) is 5.91 Å². The zero-order valence-corrected chi connectivity index (χ0v) is 22.8. The van der Waals surface area contributed by atoms with E-state index in [4.69, 9.17) is 4.74 Å². The number of fused-ring (bicyclic) bond motifs is 1. The molecule has 0 aliphatic heterocycles. The second-order valence-electron chi connectivity index (χ2n) is 9.34. The van der Waals surface area contributed by atoms with Crippen molar-refractivity contribution < 1.29 is 27.5 Å². The Bertz CT molecular complexity index is 1550. The number of carbonyl (C=O) groups excluding carboxylic acids is 2. The zero-order chi connectivity index (χ0) is 27.8. The van der Waals surface area contributed by atoms with Crippen LogP contribution in [-0.2, 0) is 17.8 Å². The molecule has 8 nitrogen and oxygen atoms in total. The summed E-state index contributed by atoms with van der Waals surface area (Å²) >= 11 is 2.18. The molecule has 0 saturated heterocycles. The number of methoxy groups -OCH3 is 1. The molecule has 2 aromatic heterocycles. The first kappa shape index (κ1) is 26.9. The Hall–Kier alpha value is -3.68. The number of anilines is 1. The van der Waals surface area contributed by atoms with E-state index in [1.54, 1.807) is 7.11 Å². The Morgan fingerprint density at radius 3 is 2.46 bits per heavy atom. The van der Waals surface area contributed by atoms with Gasteiger partial charge in [-0.15, -0.1) is 0 Å². The van der Waals surface area contributed by atoms with Crippen LogP contribution in [0.15, 0.2) is 60.8 Å². The summed E-state index contributed by atoms with van der Waals surface area (Å²) in [6.45, 7) is 0.538. The smallest absolute Gasteiger partial charge is 0.411 e. The number of rotatable bonds is 8. The number of benzene rings is 2. The molecule has 1 aliphatic rings. The highest BCUT2D eigenvalue weighted by atomic mass is 127. The van der Waals surface area contributed by atoms with Crippen LogP contribution in [0.25, 0.3) is 10.9 Å². The molecule has 2 amide bonds. The lowest BCUT2D eigenvalue weighted by molar-refractivity contribution is -0.163. The standard InChI is InChI=1S/C27H23F3IN5O3/c1-39-19-5-2-16(3-6-19)15-36-22-12-17(4-7-20(22)24(31)35-36)13-23(37)33-18-8-11-32-21(14-18)25(38)34-26(9-10-26)27(28,29)30/h2-8,11-12,14H,9-10,13,15H2,1H3,(H,34,38)(H,32,33,37). The topological polar surface area (TPSA) is 98.1 Å². The fourth-order valence-electron chi connectivity index (χ4n) is 4.22. The molecule has 0 bridgehead atoms. The fraction of sp³-hybridized carbons (Fsp3) is 0.259. The van der Waals surface area contributed by atoms with Gasteiger partial charge >= 0.3 is 6.18 Å². The molecule has 12 heteroatoms. The van der Waals surface area contributed by atoms with Gasteiger partial charge in [-0.05, 0) is 83.0 Å². The van der Waals surface area contributed by atoms with Gasteiger partial charge in [-0.3, -0.25) is 19.3 Å². The summed E-state index contributed by atoms with van der Waals surface area (Å²) in [4.78, 5) is 29.1. The molecule has 4 aromatic rings. The quantitative estimate of drug-likeness (QED) is 0.259. The van der Waals surface area contributed by atoms with Gasteiger partial charge in [0.25, 0.3) is 5.91 Å². The molecule has 0 atom stereocenters. The molecule has 0 spiro atoms. The number of pyridine rings is 1. The third kappa shape index (κ3) is 5.84. The molecule has 0 unspecified atom stereocenters. The van der Waals surface area contributed by atoms with E-state index >= 15 is 0 Å². The van der Waals surface area contributed by atoms with Crippen molar-refractivity contribution in [2.45, 2.75) is 37.5 Å². The molecule has 39 heavy (non-hydrogen) atoms. The van der Waals surface area contributed by atoms with E-state index in [0.717, 1.165) is 31.5 Å². The molecule has 2 aromatic carbocycles. The monoisotopic (exact) mass is 649 g/mol. The molecular formula is C27H23F3IN5O3. The second kappa shape index (κ2) is 10.5. The summed E-state index contributed by atoms with van der Waals surface area (Å²) in [5.74, 6) is -0.523. The fourth-order valence-corrected chi connectivity index (χ4v) is 4.94. The number of nitrogens with one attached hydrogen (secondary N) is 2. The van der Waals surface area contributed by atoms with Gasteiger partial charge in [-0.1, -0.05) is 18.2 Å². The summed E-state index contributed by atoms with van der Waals surface area (Å²) in [5.41, 5.74) is 0.530. The molecule has 1 fully saturated rings. The van der Waals surface area contributed by atoms with E-state index in [9.17, 15) is 22.8 Å². The Kier molecular flexibility index (Phi) is 7.23. The Morgan fingerprint density at radius 2 is 1.79 bits per heavy atom. The predicted octanol–water partition coefficient (Wildman–Crippen LogP) is 5.10. The van der Waals surface area contributed by atoms with Gasteiger partial charge in [-0.2, -0.15) is 18.3 Å². The number of ether oxygens (including phenoxy) is 1. The first-order valence-electron chi connectivity index (χ1n) is 12.0. The van der Waals surface area contributed by atoms with E-state index in [1.807, 2.05) is 52.5 Å². The first-order valence-corrected chi connectivity index (χ1v) is 13.1. The molecular weight excluding hydrogens is 626 g/mol. The summed E-state index contributed by atoms with van der Waals surface area (Å²) in [7, 11) is 1.61. The van der Waals surface area contributed by atoms with E-state index in [2.05, 4.69) is 38.0 Å². The number of amides is 2. The van der Waals surface area contributed by atoms with Crippen molar-refractivity contribution in [2.75, 3.05) is 12.4 Å². The van der Waals surface area contributed by atoms with Crippen LogP contribution in [0.2, 0.25) is 0 Å². The van der Waals surface area contributed by atoms with Gasteiger partial charge in [-0.25, -0.2) is 0 Å². The van der Waals surface area contributed by atoms with Crippen molar-refractivity contribution in [1.82, 2.24) is 20.1 Å². The number of hydrogen-bond acceptors (Lipinski definition) is 5. The van der Waals surface area contributed by atoms with Crippen molar-refractivity contribution in [3.8, 4) is 5.75 Å². The summed E-state index contributed by atoms with van der Waals surface area (Å²) in [6.07, 6.45) is -3.55. The molecule has 2 N–H and O–H groups in total. The van der Waals surface area contributed by atoms with Crippen LogP contribution in [0, 0.1) is 3.70 Å². The zero-order valence-electron chi connectivity index (χ0n) is 20.7. The van der Waals surface area contributed by atoms with Crippen molar-refractivity contribution in [2.24, 2.45) is 0 Å². The molecule has 202 valence electrons. The van der Waals surface area contributed by atoms with E-state index in [0.29, 0.717) is 6.54 Å². The van der Waals surface area contributed by atoms with Gasteiger partial charge in [0.15, 0.2) is 0 Å². The van der Waals surface area contributed by atoms with E-state index < -0.39 is 17.6 Å². The SMILES string of the molecule is COc1ccc(Cn2nc(I)c3ccc(CC(=O)Nc4ccnc(C(=O)NC5(C(F)(F)F)CC5)c4)cc32)cc1. The number of nitrogens with zero attached hydrogens (tertiary/aromatic N) is 3. The lowest BCUT2D eigenvalue weighted by Crippen LogP contribution is -2.48. The van der Waals surface area contributed by atoms with Crippen LogP contribution in [0.3, 0.4) is 0 Å². The average molecular weight is 649 g/mol. The Morgan fingerprint density at radius 1 is 1.08 bits per heavy atom. The summed E-state index contributed by atoms with van der Waals surface area (Å²) in [5, 5.41) is 10.3. The van der Waals surface area contributed by atoms with Crippen molar-refractivity contribution in [3.05, 3.63) is 81.3 Å². The van der Waals surface area contributed by atoms with Gasteiger partial charge < -0.3 is 15.4 Å². The highest BCUT2D eigenvalue weighted by molar-refractivity contribution is 14.1. The third-order valence-corrected chi connectivity index (χ3v) is 7.35. The Balaban J connectivity index is 1.27. The Labute approximate surface area is 235 Å². The largest absolute Gasteiger partial charge is 0.497 e. The maximum atomic E-state index is 13.2. The number of alkyl halides is 3. The van der Waals surface area contributed by atoms with Crippen LogP contribution in [0.5, 0.6) is 5.75 Å². The number of hydrogen-bond donors (Lipinski definition) is 2. The predicted molar refractivity (Wildman–Crippen MR) is 147 cm³/mol. The lowest BCUT2D eigenvalue weighted by Gasteiger charge is -2.20. The number of halogens is 4. The highest BCUT2D eigenvalue weighted by Crippen LogP contribution is 2.49. The average Bonchev–Trinajstić information content (AvgIpc) is 3.63. The number of carbonyl (C=O) groups is 2. The molecule has 2 heterocycles. The maximum Gasteiger partial charge on any atom is 0.411 e. The lowest BCUT2D eigenvalue weighted by atomic mass is 10.1. The van der Waals surface area contributed by atoms with Crippen molar-refractivity contribution >= 4 is 51.0 Å². The van der Waals surface area contributed by atoms with Crippen LogP contribution in [0.4, 0.5) is 18.9 Å². The van der Waals surface area contributed by atoms with Gasteiger partial charge in [0.1, 0.15) is 20.7 Å². The van der Waals surface area contributed by atoms with Crippen molar-refractivity contribution in [1.29, 1.82) is 0 Å². The van der Waals surface area contributed by atoms with Gasteiger partial charge in [0, 0.05) is 17.3 Å². The van der Waals surface area contributed by atoms with Crippen LogP contribution in [0.1, 0.15) is 34.5 Å².